The molecule has 3 nitrogen and oxygen atoms in total. The predicted molar refractivity (Wildman–Crippen MR) is 11.4 cm³/mol. The van der Waals surface area contributed by atoms with Crippen LogP contribution in [0.15, 0.2) is 0 Å². The van der Waals surface area contributed by atoms with Crippen LogP contribution >= 0.6 is 0 Å². The third-order valence-electron chi connectivity index (χ3n) is 0. The van der Waals surface area contributed by atoms with Crippen LogP contribution in [-0.4, -0.2) is 6.03 Å². The zero-order chi connectivity index (χ0) is 3.58. The van der Waals surface area contributed by atoms with E-state index in [4.69, 9.17) is 10.5 Å². The summed E-state index contributed by atoms with van der Waals surface area (Å²) < 4.78 is 0. The van der Waals surface area contributed by atoms with Crippen molar-refractivity contribution in [3.63, 3.8) is 0 Å². The van der Waals surface area contributed by atoms with E-state index < -0.39 is 6.03 Å². The fourth-order valence-corrected chi connectivity index (χ4v) is 0. The molecule has 0 aliphatic rings. The number of carbonyl (C=O) groups is 1. The van der Waals surface area contributed by atoms with Crippen molar-refractivity contribution in [3.8, 4) is 0 Å². The van der Waals surface area contributed by atoms with Gasteiger partial charge in [-0.2, -0.15) is 0 Å². The molecule has 0 atom stereocenters. The molecule has 0 aliphatic carbocycles. The number of hydrogen-bond acceptors (Lipinski definition) is 1. The summed E-state index contributed by atoms with van der Waals surface area (Å²) in [5, 5.41) is 0. The van der Waals surface area contributed by atoms with Crippen LogP contribution in [0.2, 0.25) is 0 Å². The van der Waals surface area contributed by atoms with E-state index in [1.807, 2.05) is 0 Å². The molecule has 0 saturated carbocycles. The lowest BCUT2D eigenvalue weighted by atomic mass is 11.2. The summed E-state index contributed by atoms with van der Waals surface area (Å²) in [7, 11) is 0. The molecule has 0 bridgehead atoms. The van der Waals surface area contributed by atoms with Gasteiger partial charge in [0.15, 0.2) is 0 Å². The minimum absolute atomic E-state index is 0.833. The molecule has 1 radical (unpaired) electrons. The van der Waals surface area contributed by atoms with Gasteiger partial charge < -0.3 is 0 Å². The molecule has 0 saturated heterocycles. The molecule has 0 aromatic carbocycles. The quantitative estimate of drug-likeness (QED) is 0.368. The van der Waals surface area contributed by atoms with E-state index in [0.29, 0.717) is 0 Å². The number of hydrogen-bond donors (Lipinski definition) is 1. The lowest BCUT2D eigenvalue weighted by Gasteiger charge is -1.52. The van der Waals surface area contributed by atoms with Gasteiger partial charge in [0.25, 0.3) is 0 Å². The van der Waals surface area contributed by atoms with E-state index in [1.54, 1.807) is 0 Å². The molecule has 2 amide bonds. The lowest BCUT2D eigenvalue weighted by molar-refractivity contribution is -0.246. The minimum Gasteiger partial charge on any atom is -0.273 e. The fraction of sp³-hybridized carbons (Fsp3) is 0. The smallest absolute Gasteiger partial charge is 0.273 e. The van der Waals surface area contributed by atoms with E-state index >= 15 is 0 Å². The van der Waals surface area contributed by atoms with Gasteiger partial charge in [0.1, 0.15) is 0 Å². The number of nitrogens with one attached hydrogen (secondary N) is 1. The van der Waals surface area contributed by atoms with Crippen LogP contribution in [0.1, 0.15) is 0 Å². The first-order valence-corrected chi connectivity index (χ1v) is 0.808. The SMILES string of the molecule is [NH]C([NH3+])=O. The number of quaternary nitrogens is 1. The zero-order valence-electron chi connectivity index (χ0n) is 2.12. The van der Waals surface area contributed by atoms with E-state index in [0.717, 1.165) is 0 Å². The molecule has 0 aromatic heterocycles. The van der Waals surface area contributed by atoms with Gasteiger partial charge in [-0.05, 0) is 0 Å². The number of rotatable bonds is 0. The second kappa shape index (κ2) is 0.842. The number of carbonyl (C=O) groups excluding carboxylic acids is 1. The van der Waals surface area contributed by atoms with Crippen molar-refractivity contribution < 1.29 is 10.5 Å². The van der Waals surface area contributed by atoms with E-state index in [1.165, 1.54) is 0 Å². The highest BCUT2D eigenvalue weighted by molar-refractivity contribution is 5.57. The van der Waals surface area contributed by atoms with Gasteiger partial charge in [-0.15, -0.1) is 0 Å². The standard InChI is InChI=1S/CH3N2O/c2-1(3)4/h2H,(H2,3,4)/p+1. The van der Waals surface area contributed by atoms with Gasteiger partial charge in [-0.3, -0.25) is 5.73 Å². The topological polar surface area (TPSA) is 68.5 Å². The monoisotopic (exact) mass is 60.0 g/mol. The van der Waals surface area contributed by atoms with Crippen LogP contribution < -0.4 is 11.5 Å². The van der Waals surface area contributed by atoms with Crippen LogP contribution in [0.3, 0.4) is 0 Å². The molecule has 0 unspecified atom stereocenters. The van der Waals surface area contributed by atoms with Gasteiger partial charge in [-0.1, -0.05) is 0 Å². The fourth-order valence-electron chi connectivity index (χ4n) is 0. The first kappa shape index (κ1) is 3.43. The molecule has 0 spiro atoms. The van der Waals surface area contributed by atoms with E-state index in [2.05, 4.69) is 5.73 Å². The minimum atomic E-state index is -0.833. The van der Waals surface area contributed by atoms with E-state index in [9.17, 15) is 0 Å². The second-order valence-corrected chi connectivity index (χ2v) is 0.423. The molecule has 4 heavy (non-hydrogen) atoms. The highest BCUT2D eigenvalue weighted by Crippen LogP contribution is 1.26. The molecule has 0 aliphatic heterocycles. The zero-order valence-corrected chi connectivity index (χ0v) is 2.12. The Morgan fingerprint density at radius 1 is 2.00 bits per heavy atom. The normalized spacial score (nSPS) is 6.25. The van der Waals surface area contributed by atoms with Crippen LogP contribution in [0.5, 0.6) is 0 Å². The Balaban J connectivity index is 2.80. The van der Waals surface area contributed by atoms with Crippen molar-refractivity contribution in [1.82, 2.24) is 5.73 Å². The summed E-state index contributed by atoms with van der Waals surface area (Å²) >= 11 is 0. The van der Waals surface area contributed by atoms with Crippen LogP contribution in [0.4, 0.5) is 4.79 Å². The Kier molecular flexibility index (Phi) is 0.722. The Labute approximate surface area is 23.6 Å². The van der Waals surface area contributed by atoms with Crippen molar-refractivity contribution in [1.29, 1.82) is 0 Å². The molecular weight excluding hydrogens is 56.0 g/mol. The van der Waals surface area contributed by atoms with Crippen LogP contribution in [-0.2, 0) is 0 Å². The molecule has 0 heterocycles. The van der Waals surface area contributed by atoms with Gasteiger partial charge in [-0.25, -0.2) is 10.5 Å². The average Bonchev–Trinajstić information content (AvgIpc) is 0.811. The molecule has 23 valence electrons. The molecule has 0 fully saturated rings. The second-order valence-electron chi connectivity index (χ2n) is 0.423. The highest BCUT2D eigenvalue weighted by Gasteiger charge is 1.71. The van der Waals surface area contributed by atoms with Crippen molar-refractivity contribution in [3.05, 3.63) is 0 Å². The summed E-state index contributed by atoms with van der Waals surface area (Å²) in [5.74, 6) is 0. The van der Waals surface area contributed by atoms with Crippen molar-refractivity contribution >= 4 is 6.03 Å². The largest absolute Gasteiger partial charge is 0.430 e. The van der Waals surface area contributed by atoms with Gasteiger partial charge in [0.05, 0.1) is 0 Å². The Bertz CT molecular complexity index is 29.0. The van der Waals surface area contributed by atoms with Crippen molar-refractivity contribution in [2.75, 3.05) is 0 Å². The molecule has 3 heteroatoms. The summed E-state index contributed by atoms with van der Waals surface area (Å²) in [6, 6.07) is -0.833. The first-order chi connectivity index (χ1) is 1.73. The summed E-state index contributed by atoms with van der Waals surface area (Å²) in [6.45, 7) is 0. The summed E-state index contributed by atoms with van der Waals surface area (Å²) in [5.41, 5.74) is 8.50. The molecule has 4 N–H and O–H groups in total. The van der Waals surface area contributed by atoms with Gasteiger partial charge >= 0.3 is 6.03 Å². The summed E-state index contributed by atoms with van der Waals surface area (Å²) in [6.07, 6.45) is 0. The lowest BCUT2D eigenvalue weighted by Crippen LogP contribution is -2.56. The van der Waals surface area contributed by atoms with Gasteiger partial charge in [0.2, 0.25) is 0 Å². The Hall–Kier alpha value is -0.570. The Morgan fingerprint density at radius 2 is 2.00 bits per heavy atom. The van der Waals surface area contributed by atoms with Gasteiger partial charge in [0, 0.05) is 0 Å². The highest BCUT2D eigenvalue weighted by atomic mass is 16.2. The van der Waals surface area contributed by atoms with E-state index in [-0.39, 0.29) is 0 Å². The molecular formula is CH4N2O+. The van der Waals surface area contributed by atoms with Crippen LogP contribution in [0, 0.1) is 0 Å². The molecule has 0 aromatic rings. The maximum Gasteiger partial charge on any atom is 0.430 e. The van der Waals surface area contributed by atoms with Crippen molar-refractivity contribution in [2.45, 2.75) is 0 Å². The summed E-state index contributed by atoms with van der Waals surface area (Å²) in [4.78, 5) is 9.00. The Morgan fingerprint density at radius 3 is 2.00 bits per heavy atom. The third kappa shape index (κ3) is 0.814. The molecule has 0 rings (SSSR count). The number of amides is 2. The first-order valence-electron chi connectivity index (χ1n) is 0.808. The maximum absolute atomic E-state index is 9.00. The number of urea groups is 1. The third-order valence-corrected chi connectivity index (χ3v) is 0. The maximum atomic E-state index is 9.00. The van der Waals surface area contributed by atoms with Crippen molar-refractivity contribution in [2.24, 2.45) is 0 Å². The average molecular weight is 60.1 g/mol. The predicted octanol–water partition coefficient (Wildman–Crippen LogP) is -1.37. The van der Waals surface area contributed by atoms with Crippen LogP contribution in [0.25, 0.3) is 0 Å².